The van der Waals surface area contributed by atoms with Gasteiger partial charge in [-0.1, -0.05) is 0 Å². The molecule has 0 aromatic carbocycles. The molecule has 0 saturated heterocycles. The van der Waals surface area contributed by atoms with Crippen LogP contribution < -0.4 is 4.90 Å². The standard InChI is InChI=1S/C15H22N2O6S/c1-14(2,3)22-12(19)17(13(20)23-15(4,5)6)11-16-9(8-24-11)10(18)21-7/h8H,1-7H3. The molecule has 1 aromatic rings. The third kappa shape index (κ3) is 5.80. The molecule has 0 radical (unpaired) electrons. The first-order valence-electron chi connectivity index (χ1n) is 7.14. The summed E-state index contributed by atoms with van der Waals surface area (Å²) in [5, 5.41) is 1.34. The van der Waals surface area contributed by atoms with Gasteiger partial charge in [-0.2, -0.15) is 4.90 Å². The fourth-order valence-corrected chi connectivity index (χ4v) is 2.18. The molecule has 0 aliphatic carbocycles. The molecule has 2 amide bonds. The molecule has 0 N–H and O–H groups in total. The molecule has 134 valence electrons. The molecule has 24 heavy (non-hydrogen) atoms. The average molecular weight is 358 g/mol. The van der Waals surface area contributed by atoms with E-state index in [0.29, 0.717) is 4.90 Å². The third-order valence-electron chi connectivity index (χ3n) is 2.23. The summed E-state index contributed by atoms with van der Waals surface area (Å²) in [7, 11) is 1.21. The molecular weight excluding hydrogens is 336 g/mol. The summed E-state index contributed by atoms with van der Waals surface area (Å²) in [6, 6.07) is 0. The van der Waals surface area contributed by atoms with Crippen LogP contribution in [0, 0.1) is 0 Å². The Bertz CT molecular complexity index is 599. The van der Waals surface area contributed by atoms with Gasteiger partial charge in [0.05, 0.1) is 7.11 Å². The van der Waals surface area contributed by atoms with Gasteiger partial charge in [-0.25, -0.2) is 19.4 Å². The number of nitrogens with zero attached hydrogens (tertiary/aromatic N) is 2. The quantitative estimate of drug-likeness (QED) is 0.588. The monoisotopic (exact) mass is 358 g/mol. The molecule has 0 aliphatic heterocycles. The van der Waals surface area contributed by atoms with Gasteiger partial charge in [0.25, 0.3) is 0 Å². The van der Waals surface area contributed by atoms with E-state index in [4.69, 9.17) is 9.47 Å². The van der Waals surface area contributed by atoms with Crippen LogP contribution in [-0.2, 0) is 14.2 Å². The lowest BCUT2D eigenvalue weighted by Crippen LogP contribution is -2.43. The number of amides is 2. The number of carbonyl (C=O) groups is 3. The fraction of sp³-hybridized carbons (Fsp3) is 0.600. The summed E-state index contributed by atoms with van der Waals surface area (Å²) < 4.78 is 15.0. The molecular formula is C15H22N2O6S. The molecule has 0 atom stereocenters. The number of carbonyl (C=O) groups excluding carboxylic acids is 3. The second-order valence-electron chi connectivity index (χ2n) is 6.80. The SMILES string of the molecule is COC(=O)c1csc(N(C(=O)OC(C)(C)C)C(=O)OC(C)(C)C)n1. The zero-order valence-corrected chi connectivity index (χ0v) is 15.6. The van der Waals surface area contributed by atoms with E-state index in [0.717, 1.165) is 11.3 Å². The molecule has 1 rings (SSSR count). The van der Waals surface area contributed by atoms with E-state index in [-0.39, 0.29) is 10.8 Å². The molecule has 1 aromatic heterocycles. The second kappa shape index (κ2) is 7.16. The van der Waals surface area contributed by atoms with E-state index < -0.39 is 29.4 Å². The number of esters is 1. The van der Waals surface area contributed by atoms with Crippen molar-refractivity contribution in [2.75, 3.05) is 12.0 Å². The molecule has 8 nitrogen and oxygen atoms in total. The lowest BCUT2D eigenvalue weighted by Gasteiger charge is -2.27. The number of hydrogen-bond donors (Lipinski definition) is 0. The first kappa shape index (κ1) is 19.9. The Morgan fingerprint density at radius 1 is 1.00 bits per heavy atom. The van der Waals surface area contributed by atoms with E-state index >= 15 is 0 Å². The molecule has 0 aliphatic rings. The number of anilines is 1. The van der Waals surface area contributed by atoms with Crippen molar-refractivity contribution in [3.05, 3.63) is 11.1 Å². The minimum Gasteiger partial charge on any atom is -0.464 e. The molecule has 0 unspecified atom stereocenters. The van der Waals surface area contributed by atoms with Crippen molar-refractivity contribution >= 4 is 34.6 Å². The van der Waals surface area contributed by atoms with Crippen LogP contribution in [0.4, 0.5) is 14.7 Å². The topological polar surface area (TPSA) is 95.0 Å². The summed E-state index contributed by atoms with van der Waals surface area (Å²) in [5.41, 5.74) is -1.66. The minimum absolute atomic E-state index is 0.0189. The number of hydrogen-bond acceptors (Lipinski definition) is 8. The lowest BCUT2D eigenvalue weighted by molar-refractivity contribution is 0.0428. The van der Waals surface area contributed by atoms with Crippen LogP contribution in [0.2, 0.25) is 0 Å². The molecule has 9 heteroatoms. The van der Waals surface area contributed by atoms with Crippen LogP contribution in [0.25, 0.3) is 0 Å². The van der Waals surface area contributed by atoms with Crippen molar-refractivity contribution in [1.82, 2.24) is 4.98 Å². The van der Waals surface area contributed by atoms with Crippen molar-refractivity contribution < 1.29 is 28.6 Å². The van der Waals surface area contributed by atoms with Crippen molar-refractivity contribution in [3.63, 3.8) is 0 Å². The maximum Gasteiger partial charge on any atom is 0.426 e. The van der Waals surface area contributed by atoms with Crippen LogP contribution in [0.15, 0.2) is 5.38 Å². The number of imide groups is 1. The van der Waals surface area contributed by atoms with Crippen LogP contribution in [0.3, 0.4) is 0 Å². The Balaban J connectivity index is 3.18. The van der Waals surface area contributed by atoms with Crippen LogP contribution in [-0.4, -0.2) is 41.5 Å². The summed E-state index contributed by atoms with van der Waals surface area (Å²) >= 11 is 0.922. The molecule has 0 fully saturated rings. The number of methoxy groups -OCH3 is 1. The zero-order valence-electron chi connectivity index (χ0n) is 14.8. The first-order valence-corrected chi connectivity index (χ1v) is 8.02. The van der Waals surface area contributed by atoms with Crippen LogP contribution in [0.1, 0.15) is 52.0 Å². The smallest absolute Gasteiger partial charge is 0.426 e. The maximum absolute atomic E-state index is 12.4. The predicted octanol–water partition coefficient (Wildman–Crippen LogP) is 3.61. The van der Waals surface area contributed by atoms with Gasteiger partial charge < -0.3 is 14.2 Å². The highest BCUT2D eigenvalue weighted by atomic mass is 32.1. The second-order valence-corrected chi connectivity index (χ2v) is 7.64. The van der Waals surface area contributed by atoms with E-state index in [9.17, 15) is 14.4 Å². The number of rotatable bonds is 2. The zero-order chi connectivity index (χ0) is 18.7. The van der Waals surface area contributed by atoms with Crippen LogP contribution >= 0.6 is 11.3 Å². The third-order valence-corrected chi connectivity index (χ3v) is 3.06. The molecule has 0 spiro atoms. The van der Waals surface area contributed by atoms with E-state index in [1.165, 1.54) is 12.5 Å². The largest absolute Gasteiger partial charge is 0.464 e. The summed E-state index contributed by atoms with van der Waals surface area (Å²) in [6.07, 6.45) is -1.88. The van der Waals surface area contributed by atoms with Gasteiger partial charge >= 0.3 is 18.2 Å². The van der Waals surface area contributed by atoms with Crippen molar-refractivity contribution in [3.8, 4) is 0 Å². The molecule has 0 bridgehead atoms. The highest BCUT2D eigenvalue weighted by Gasteiger charge is 2.35. The highest BCUT2D eigenvalue weighted by Crippen LogP contribution is 2.25. The Morgan fingerprint density at radius 2 is 1.46 bits per heavy atom. The minimum atomic E-state index is -0.942. The van der Waals surface area contributed by atoms with E-state index in [1.807, 2.05) is 0 Å². The number of aromatic nitrogens is 1. The predicted molar refractivity (Wildman–Crippen MR) is 88.4 cm³/mol. The van der Waals surface area contributed by atoms with Gasteiger partial charge in [0.2, 0.25) is 5.13 Å². The Kier molecular flexibility index (Phi) is 5.94. The van der Waals surface area contributed by atoms with Crippen molar-refractivity contribution in [2.24, 2.45) is 0 Å². The first-order chi connectivity index (χ1) is 10.8. The maximum atomic E-state index is 12.4. The Labute approximate surface area is 144 Å². The lowest BCUT2D eigenvalue weighted by atomic mass is 10.2. The number of thiazole rings is 1. The Morgan fingerprint density at radius 3 is 1.83 bits per heavy atom. The molecule has 0 saturated carbocycles. The van der Waals surface area contributed by atoms with Crippen LogP contribution in [0.5, 0.6) is 0 Å². The Hall–Kier alpha value is -2.16. The van der Waals surface area contributed by atoms with Gasteiger partial charge in [0.15, 0.2) is 5.69 Å². The summed E-state index contributed by atoms with van der Waals surface area (Å²) in [6.45, 7) is 10.00. The van der Waals surface area contributed by atoms with Crippen molar-refractivity contribution in [1.29, 1.82) is 0 Å². The van der Waals surface area contributed by atoms with Gasteiger partial charge in [0.1, 0.15) is 11.2 Å². The van der Waals surface area contributed by atoms with Gasteiger partial charge in [-0.05, 0) is 41.5 Å². The van der Waals surface area contributed by atoms with Gasteiger partial charge in [-0.3, -0.25) is 0 Å². The van der Waals surface area contributed by atoms with E-state index in [1.54, 1.807) is 41.5 Å². The number of ether oxygens (including phenoxy) is 3. The van der Waals surface area contributed by atoms with E-state index in [2.05, 4.69) is 9.72 Å². The molecule has 1 heterocycles. The summed E-state index contributed by atoms with van der Waals surface area (Å²) in [5.74, 6) is -0.675. The van der Waals surface area contributed by atoms with Gasteiger partial charge in [0, 0.05) is 5.38 Å². The fourth-order valence-electron chi connectivity index (χ4n) is 1.41. The normalized spacial score (nSPS) is 11.6. The van der Waals surface area contributed by atoms with Crippen molar-refractivity contribution in [2.45, 2.75) is 52.7 Å². The van der Waals surface area contributed by atoms with Gasteiger partial charge in [-0.15, -0.1) is 11.3 Å². The average Bonchev–Trinajstić information content (AvgIpc) is 2.82. The highest BCUT2D eigenvalue weighted by molar-refractivity contribution is 7.14. The summed E-state index contributed by atoms with van der Waals surface area (Å²) in [4.78, 5) is 40.9.